The van der Waals surface area contributed by atoms with Gasteiger partial charge in [0.05, 0.1) is 0 Å². The van der Waals surface area contributed by atoms with E-state index in [0.29, 0.717) is 0 Å². The number of phosphoric acid groups is 1. The maximum atomic E-state index is 8.55. The molecule has 0 saturated heterocycles. The Kier molecular flexibility index (Phi) is 12.6. The largest absolute Gasteiger partial charge is 5.00 e. The van der Waals surface area contributed by atoms with Crippen LogP contribution in [0.15, 0.2) is 0 Å². The van der Waals surface area contributed by atoms with Crippen LogP contribution in [0.3, 0.4) is 0 Å². The van der Waals surface area contributed by atoms with Gasteiger partial charge >= 0.3 is 41.6 Å². The summed E-state index contributed by atoms with van der Waals surface area (Å²) >= 11 is 0. The van der Waals surface area contributed by atoms with Crippen LogP contribution in [0.4, 0.5) is 0 Å². The predicted octanol–water partition coefficient (Wildman–Crippen LogP) is -3.21. The summed E-state index contributed by atoms with van der Waals surface area (Å²) in [6.45, 7) is 0. The van der Waals surface area contributed by atoms with Crippen LogP contribution in [0.5, 0.6) is 0 Å². The Morgan fingerprint density at radius 3 is 1.14 bits per heavy atom. The minimum absolute atomic E-state index is 0. The molecule has 7 heavy (non-hydrogen) atoms. The second-order valence-corrected chi connectivity index (χ2v) is 1.34. The van der Waals surface area contributed by atoms with Gasteiger partial charge in [-0.25, -0.2) is 0 Å². The van der Waals surface area contributed by atoms with Crippen molar-refractivity contribution in [2.24, 2.45) is 0 Å². The molecule has 0 aromatic rings. The molecule has 0 aromatic heterocycles. The molecule has 0 heterocycles. The fraction of sp³-hybridized carbons (Fsp3) is 0. The van der Waals surface area contributed by atoms with Crippen molar-refractivity contribution >= 4 is 30.9 Å². The van der Waals surface area contributed by atoms with E-state index < -0.39 is 7.82 Å². The Morgan fingerprint density at radius 1 is 1.14 bits per heavy atom. The van der Waals surface area contributed by atoms with E-state index in [2.05, 4.69) is 0 Å². The molecule has 0 radical (unpaired) electrons. The Labute approximate surface area is 68.6 Å². The molecule has 0 aliphatic rings. The third-order valence-corrected chi connectivity index (χ3v) is 0. The number of hydrogen-bond donors (Lipinski definition) is 0. The maximum Gasteiger partial charge on any atom is 5.00 e. The first kappa shape index (κ1) is 15.8. The monoisotopic (exact) mass is 170 g/mol. The Morgan fingerprint density at radius 2 is 1.14 bits per heavy atom. The van der Waals surface area contributed by atoms with Crippen LogP contribution in [0.1, 0.15) is 0 Å². The van der Waals surface area contributed by atoms with Gasteiger partial charge in [0.25, 0.3) is 0 Å². The summed E-state index contributed by atoms with van der Waals surface area (Å²) in [5.41, 5.74) is 0. The summed E-state index contributed by atoms with van der Waals surface area (Å²) in [5.74, 6) is 0. The van der Waals surface area contributed by atoms with E-state index in [9.17, 15) is 0 Å². The van der Waals surface area contributed by atoms with Gasteiger partial charge in [0, 0.05) is 0 Å². The van der Waals surface area contributed by atoms with Gasteiger partial charge in [-0.15, -0.1) is 0 Å². The molecule has 0 unspecified atom stereocenters. The van der Waals surface area contributed by atoms with E-state index >= 15 is 0 Å². The van der Waals surface area contributed by atoms with Crippen molar-refractivity contribution in [3.05, 3.63) is 0 Å². The molecule has 0 aliphatic carbocycles. The van der Waals surface area contributed by atoms with Gasteiger partial charge in [-0.3, -0.25) is 0 Å². The number of rotatable bonds is 0. The standard InChI is InChI=1S/Mg.H3O4P.V/c;1-5(2,3)4;/h;(H3,1,2,3,4);/q+2;;+5/p-3. The predicted molar refractivity (Wildman–Crippen MR) is 13.4 cm³/mol. The molecule has 0 saturated carbocycles. The van der Waals surface area contributed by atoms with E-state index in [1.54, 1.807) is 0 Å². The second kappa shape index (κ2) is 5.59. The topological polar surface area (TPSA) is 86.2 Å². The third kappa shape index (κ3) is 104. The zero-order valence-corrected chi connectivity index (χ0v) is 6.94. The summed E-state index contributed by atoms with van der Waals surface area (Å²) in [6, 6.07) is 0. The molecule has 0 fully saturated rings. The van der Waals surface area contributed by atoms with E-state index in [0.717, 1.165) is 0 Å². The van der Waals surface area contributed by atoms with E-state index in [-0.39, 0.29) is 41.6 Å². The van der Waals surface area contributed by atoms with Crippen LogP contribution in [0, 0.1) is 0 Å². The quantitative estimate of drug-likeness (QED) is 0.283. The van der Waals surface area contributed by atoms with Gasteiger partial charge in [0.2, 0.25) is 0 Å². The molecule has 0 aromatic carbocycles. The molecule has 0 rings (SSSR count). The van der Waals surface area contributed by atoms with Crippen LogP contribution < -0.4 is 14.7 Å². The molecule has 0 amide bonds. The maximum absolute atomic E-state index is 8.55. The van der Waals surface area contributed by atoms with Gasteiger partial charge in [-0.2, -0.15) is 7.82 Å². The zero-order valence-electron chi connectivity index (χ0n) is 3.23. The van der Waals surface area contributed by atoms with Crippen molar-refractivity contribution < 1.29 is 37.8 Å². The average molecular weight is 170 g/mol. The van der Waals surface area contributed by atoms with Crippen LogP contribution in [-0.4, -0.2) is 23.1 Å². The van der Waals surface area contributed by atoms with Crippen molar-refractivity contribution in [3.63, 3.8) is 0 Å². The Balaban J connectivity index is -0.0000000800. The minimum atomic E-state index is -5.39. The normalized spacial score (nSPS) is 8.43. The van der Waals surface area contributed by atoms with Crippen LogP contribution in [0.25, 0.3) is 0 Å². The van der Waals surface area contributed by atoms with Crippen LogP contribution in [-0.2, 0) is 23.1 Å². The van der Waals surface area contributed by atoms with Crippen molar-refractivity contribution in [2.45, 2.75) is 0 Å². The fourth-order valence-corrected chi connectivity index (χ4v) is 0. The van der Waals surface area contributed by atoms with Crippen molar-refractivity contribution in [2.75, 3.05) is 0 Å². The van der Waals surface area contributed by atoms with Gasteiger partial charge < -0.3 is 19.2 Å². The second-order valence-electron chi connectivity index (χ2n) is 0.447. The van der Waals surface area contributed by atoms with E-state index in [1.165, 1.54) is 0 Å². The Bertz CT molecular complexity index is 57.8. The van der Waals surface area contributed by atoms with E-state index in [1.807, 2.05) is 0 Å². The minimum Gasteiger partial charge on any atom is -0.822 e. The summed E-state index contributed by atoms with van der Waals surface area (Å²) in [5, 5.41) is 0. The van der Waals surface area contributed by atoms with E-state index in [4.69, 9.17) is 19.2 Å². The SMILES string of the molecule is O=P([O-])([O-])[O-].[Mg+2].[V+5]. The molecule has 0 atom stereocenters. The molecule has 0 N–H and O–H groups in total. The molecule has 0 aliphatic heterocycles. The zero-order chi connectivity index (χ0) is 4.50. The first-order chi connectivity index (χ1) is 2.00. The first-order valence-electron chi connectivity index (χ1n) is 0.730. The molecule has 0 spiro atoms. The van der Waals surface area contributed by atoms with Crippen LogP contribution in [0.2, 0.25) is 0 Å². The third-order valence-electron chi connectivity index (χ3n) is 0. The Hall–Kier alpha value is 1.46. The van der Waals surface area contributed by atoms with Gasteiger partial charge in [-0.05, 0) is 0 Å². The van der Waals surface area contributed by atoms with Crippen LogP contribution >= 0.6 is 7.82 Å². The first-order valence-corrected chi connectivity index (χ1v) is 2.19. The molecule has 4 nitrogen and oxygen atoms in total. The molecule has 32 valence electrons. The van der Waals surface area contributed by atoms with Crippen molar-refractivity contribution in [1.82, 2.24) is 0 Å². The van der Waals surface area contributed by atoms with Gasteiger partial charge in [0.15, 0.2) is 0 Å². The van der Waals surface area contributed by atoms with Gasteiger partial charge in [-0.1, -0.05) is 0 Å². The van der Waals surface area contributed by atoms with Crippen molar-refractivity contribution in [3.8, 4) is 0 Å². The smallest absolute Gasteiger partial charge is 0.822 e. The van der Waals surface area contributed by atoms with Crippen molar-refractivity contribution in [1.29, 1.82) is 0 Å². The summed E-state index contributed by atoms with van der Waals surface area (Å²) in [7, 11) is -5.39. The molecule has 0 bridgehead atoms. The summed E-state index contributed by atoms with van der Waals surface area (Å²) < 4.78 is 8.55. The molecular weight excluding hydrogens is 170 g/mol. The summed E-state index contributed by atoms with van der Waals surface area (Å²) in [6.07, 6.45) is 0. The van der Waals surface area contributed by atoms with Gasteiger partial charge in [0.1, 0.15) is 0 Å². The number of hydrogen-bond acceptors (Lipinski definition) is 4. The fourth-order valence-electron chi connectivity index (χ4n) is 0. The average Bonchev–Trinajstić information content (AvgIpc) is 0.722. The summed E-state index contributed by atoms with van der Waals surface area (Å²) in [4.78, 5) is 25.6. The molecule has 7 heteroatoms. The molecular formula is MgO4PV+4.